The Morgan fingerprint density at radius 3 is 2.72 bits per heavy atom. The molecule has 1 aliphatic carbocycles. The highest BCUT2D eigenvalue weighted by atomic mass is 32.1. The van der Waals surface area contributed by atoms with Gasteiger partial charge in [-0.3, -0.25) is 9.59 Å². The lowest BCUT2D eigenvalue weighted by atomic mass is 9.78. The third-order valence-corrected chi connectivity index (χ3v) is 6.36. The molecule has 2 amide bonds. The Hall–Kier alpha value is -2.67. The summed E-state index contributed by atoms with van der Waals surface area (Å²) in [6.45, 7) is 4.03. The molecule has 0 radical (unpaired) electrons. The van der Waals surface area contributed by atoms with E-state index in [1.807, 2.05) is 5.38 Å². The van der Waals surface area contributed by atoms with Gasteiger partial charge in [0.25, 0.3) is 11.8 Å². The van der Waals surface area contributed by atoms with Crippen LogP contribution in [-0.4, -0.2) is 30.4 Å². The van der Waals surface area contributed by atoms with Crippen LogP contribution in [0.25, 0.3) is 0 Å². The van der Waals surface area contributed by atoms with E-state index in [0.717, 1.165) is 12.8 Å². The summed E-state index contributed by atoms with van der Waals surface area (Å²) >= 11 is 1.34. The van der Waals surface area contributed by atoms with Crippen LogP contribution in [0.15, 0.2) is 41.8 Å². The summed E-state index contributed by atoms with van der Waals surface area (Å²) in [5.41, 5.74) is 0.772. The summed E-state index contributed by atoms with van der Waals surface area (Å²) in [5.74, 6) is -0.139. The molecule has 2 aromatic rings. The first kappa shape index (κ1) is 21.0. The molecular weight excluding hydrogens is 388 g/mol. The van der Waals surface area contributed by atoms with E-state index in [-0.39, 0.29) is 30.0 Å². The van der Waals surface area contributed by atoms with Gasteiger partial charge in [0.15, 0.2) is 6.61 Å². The Balaban J connectivity index is 1.51. The highest BCUT2D eigenvalue weighted by molar-refractivity contribution is 7.12. The largest absolute Gasteiger partial charge is 0.452 e. The Morgan fingerprint density at radius 2 is 1.97 bits per heavy atom. The van der Waals surface area contributed by atoms with Gasteiger partial charge in [-0.1, -0.05) is 38.8 Å². The smallest absolute Gasteiger partial charge is 0.338 e. The molecule has 1 saturated carbocycles. The molecule has 1 heterocycles. The molecule has 1 aromatic heterocycles. The fourth-order valence-corrected chi connectivity index (χ4v) is 4.19. The Bertz CT molecular complexity index is 865. The van der Waals surface area contributed by atoms with Gasteiger partial charge >= 0.3 is 5.97 Å². The Labute approximate surface area is 174 Å². The van der Waals surface area contributed by atoms with Crippen LogP contribution < -0.4 is 10.6 Å². The average Bonchev–Trinajstić information content (AvgIpc) is 3.25. The number of esters is 1. The van der Waals surface area contributed by atoms with Crippen LogP contribution in [0, 0.1) is 11.8 Å². The molecule has 154 valence electrons. The SMILES string of the molecule is C[C@@H]1[C@H](C)CCC[C@H]1NC(=O)COC(=O)c1cccc(NC(=O)c2cccs2)c1. The zero-order valence-electron chi connectivity index (χ0n) is 16.6. The van der Waals surface area contributed by atoms with Gasteiger partial charge in [0.1, 0.15) is 0 Å². The van der Waals surface area contributed by atoms with Gasteiger partial charge in [-0.2, -0.15) is 0 Å². The molecular formula is C22H26N2O4S. The summed E-state index contributed by atoms with van der Waals surface area (Å²) < 4.78 is 5.16. The lowest BCUT2D eigenvalue weighted by molar-refractivity contribution is -0.125. The number of carbonyl (C=O) groups excluding carboxylic acids is 3. The minimum atomic E-state index is -0.600. The molecule has 3 atom stereocenters. The number of nitrogens with one attached hydrogen (secondary N) is 2. The maximum atomic E-state index is 12.3. The van der Waals surface area contributed by atoms with Gasteiger partial charge < -0.3 is 15.4 Å². The van der Waals surface area contributed by atoms with E-state index in [1.54, 1.807) is 30.3 Å². The van der Waals surface area contributed by atoms with Crippen molar-refractivity contribution in [3.8, 4) is 0 Å². The van der Waals surface area contributed by atoms with Crippen molar-refractivity contribution in [3.63, 3.8) is 0 Å². The molecule has 0 aliphatic heterocycles. The number of amides is 2. The van der Waals surface area contributed by atoms with Crippen molar-refractivity contribution in [2.45, 2.75) is 39.2 Å². The second-order valence-corrected chi connectivity index (χ2v) is 8.48. The summed E-state index contributed by atoms with van der Waals surface area (Å²) in [6, 6.07) is 10.1. The number of hydrogen-bond acceptors (Lipinski definition) is 5. The third-order valence-electron chi connectivity index (χ3n) is 5.49. The summed E-state index contributed by atoms with van der Waals surface area (Å²) in [6.07, 6.45) is 3.24. The van der Waals surface area contributed by atoms with Gasteiger partial charge in [0.2, 0.25) is 0 Å². The van der Waals surface area contributed by atoms with Crippen molar-refractivity contribution in [1.82, 2.24) is 5.32 Å². The van der Waals surface area contributed by atoms with E-state index in [4.69, 9.17) is 4.74 Å². The van der Waals surface area contributed by atoms with Crippen LogP contribution >= 0.6 is 11.3 Å². The van der Waals surface area contributed by atoms with Gasteiger partial charge in [0.05, 0.1) is 10.4 Å². The van der Waals surface area contributed by atoms with E-state index in [2.05, 4.69) is 24.5 Å². The molecule has 0 bridgehead atoms. The number of benzene rings is 1. The van der Waals surface area contributed by atoms with Crippen molar-refractivity contribution in [1.29, 1.82) is 0 Å². The highest BCUT2D eigenvalue weighted by Gasteiger charge is 2.28. The average molecular weight is 415 g/mol. The first-order valence-corrected chi connectivity index (χ1v) is 10.7. The molecule has 29 heavy (non-hydrogen) atoms. The van der Waals surface area contributed by atoms with E-state index in [1.165, 1.54) is 23.8 Å². The first-order chi connectivity index (χ1) is 13.9. The number of hydrogen-bond donors (Lipinski definition) is 2. The topological polar surface area (TPSA) is 84.5 Å². The van der Waals surface area contributed by atoms with Crippen LogP contribution in [0.4, 0.5) is 5.69 Å². The predicted octanol–water partition coefficient (Wildman–Crippen LogP) is 4.10. The third kappa shape index (κ3) is 5.67. The van der Waals surface area contributed by atoms with Crippen LogP contribution in [-0.2, 0) is 9.53 Å². The van der Waals surface area contributed by atoms with Crippen molar-refractivity contribution in [3.05, 3.63) is 52.2 Å². The van der Waals surface area contributed by atoms with Crippen molar-refractivity contribution >= 4 is 34.8 Å². The molecule has 1 aromatic carbocycles. The van der Waals surface area contributed by atoms with Gasteiger partial charge in [-0.25, -0.2) is 4.79 Å². The van der Waals surface area contributed by atoms with Gasteiger partial charge in [-0.05, 0) is 47.9 Å². The standard InChI is InChI=1S/C22H26N2O4S/c1-14-6-3-9-18(15(14)2)24-20(25)13-28-22(27)16-7-4-8-17(12-16)23-21(26)19-10-5-11-29-19/h4-5,7-8,10-12,14-15,18H,3,6,9,13H2,1-2H3,(H,23,26)(H,24,25)/t14-,15-,18-/m1/s1. The zero-order chi connectivity index (χ0) is 20.8. The number of ether oxygens (including phenoxy) is 1. The summed E-state index contributed by atoms with van der Waals surface area (Å²) in [4.78, 5) is 37.2. The van der Waals surface area contributed by atoms with Gasteiger partial charge in [-0.15, -0.1) is 11.3 Å². The molecule has 7 heteroatoms. The fourth-order valence-electron chi connectivity index (χ4n) is 3.57. The number of anilines is 1. The van der Waals surface area contributed by atoms with Crippen molar-refractivity contribution in [2.24, 2.45) is 11.8 Å². The second-order valence-electron chi connectivity index (χ2n) is 7.53. The van der Waals surface area contributed by atoms with E-state index in [0.29, 0.717) is 22.4 Å². The monoisotopic (exact) mass is 414 g/mol. The van der Waals surface area contributed by atoms with E-state index in [9.17, 15) is 14.4 Å². The molecule has 6 nitrogen and oxygen atoms in total. The lowest BCUT2D eigenvalue weighted by Crippen LogP contribution is -2.45. The molecule has 0 spiro atoms. The highest BCUT2D eigenvalue weighted by Crippen LogP contribution is 2.29. The molecule has 0 saturated heterocycles. The van der Waals surface area contributed by atoms with E-state index >= 15 is 0 Å². The Kier molecular flexibility index (Phi) is 7.04. The van der Waals surface area contributed by atoms with Crippen LogP contribution in [0.3, 0.4) is 0 Å². The Morgan fingerprint density at radius 1 is 1.14 bits per heavy atom. The second kappa shape index (κ2) is 9.69. The maximum Gasteiger partial charge on any atom is 0.338 e. The first-order valence-electron chi connectivity index (χ1n) is 9.85. The zero-order valence-corrected chi connectivity index (χ0v) is 17.5. The number of rotatable bonds is 6. The molecule has 1 aliphatic rings. The molecule has 3 rings (SSSR count). The van der Waals surface area contributed by atoms with E-state index < -0.39 is 5.97 Å². The maximum absolute atomic E-state index is 12.3. The molecule has 2 N–H and O–H groups in total. The number of carbonyl (C=O) groups is 3. The summed E-state index contributed by atoms with van der Waals surface area (Å²) in [7, 11) is 0. The van der Waals surface area contributed by atoms with Crippen molar-refractivity contribution < 1.29 is 19.1 Å². The van der Waals surface area contributed by atoms with Gasteiger partial charge in [0, 0.05) is 11.7 Å². The molecule has 1 fully saturated rings. The van der Waals surface area contributed by atoms with Crippen LogP contribution in [0.1, 0.15) is 53.1 Å². The minimum Gasteiger partial charge on any atom is -0.452 e. The normalized spacial score (nSPS) is 21.2. The van der Waals surface area contributed by atoms with Crippen LogP contribution in [0.2, 0.25) is 0 Å². The fraction of sp³-hybridized carbons (Fsp3) is 0.409. The lowest BCUT2D eigenvalue weighted by Gasteiger charge is -2.34. The van der Waals surface area contributed by atoms with Crippen LogP contribution in [0.5, 0.6) is 0 Å². The van der Waals surface area contributed by atoms with Crippen molar-refractivity contribution in [2.75, 3.05) is 11.9 Å². The number of thiophene rings is 1. The quantitative estimate of drug-likeness (QED) is 0.697. The minimum absolute atomic E-state index is 0.126. The molecule has 0 unspecified atom stereocenters. The summed E-state index contributed by atoms with van der Waals surface area (Å²) in [5, 5.41) is 7.56. The predicted molar refractivity (Wildman–Crippen MR) is 113 cm³/mol.